The molecule has 1 heterocycles. The lowest BCUT2D eigenvalue weighted by Gasteiger charge is -2.09. The minimum absolute atomic E-state index is 0.126. The van der Waals surface area contributed by atoms with Crippen molar-refractivity contribution in [2.75, 3.05) is 4.72 Å². The van der Waals surface area contributed by atoms with Crippen LogP contribution in [-0.4, -0.2) is 8.42 Å². The molecule has 0 unspecified atom stereocenters. The van der Waals surface area contributed by atoms with E-state index in [1.807, 2.05) is 19.1 Å². The maximum atomic E-state index is 12.2. The Balaban J connectivity index is 2.31. The van der Waals surface area contributed by atoms with Gasteiger partial charge in [-0.25, -0.2) is 0 Å². The van der Waals surface area contributed by atoms with E-state index in [0.29, 0.717) is 11.4 Å². The molecule has 2 aromatic rings. The Hall–Kier alpha value is -1.79. The number of furan rings is 1. The Morgan fingerprint density at radius 3 is 2.58 bits per heavy atom. The van der Waals surface area contributed by atoms with E-state index >= 15 is 0 Å². The molecule has 0 aliphatic carbocycles. The van der Waals surface area contributed by atoms with Gasteiger partial charge in [0.25, 0.3) is 10.0 Å². The number of nitrogens with one attached hydrogen (secondary N) is 1. The van der Waals surface area contributed by atoms with Crippen LogP contribution in [0.2, 0.25) is 0 Å². The zero-order valence-electron chi connectivity index (χ0n) is 10.6. The summed E-state index contributed by atoms with van der Waals surface area (Å²) in [6, 6.07) is 10.2. The fourth-order valence-electron chi connectivity index (χ4n) is 1.74. The topological polar surface area (TPSA) is 85.3 Å². The van der Waals surface area contributed by atoms with Crippen LogP contribution in [0.25, 0.3) is 0 Å². The van der Waals surface area contributed by atoms with Gasteiger partial charge in [-0.2, -0.15) is 8.42 Å². The molecule has 0 amide bonds. The smallest absolute Gasteiger partial charge is 0.295 e. The summed E-state index contributed by atoms with van der Waals surface area (Å²) < 4.78 is 32.0. The second-order valence-corrected chi connectivity index (χ2v) is 5.65. The summed E-state index contributed by atoms with van der Waals surface area (Å²) in [4.78, 5) is 0. The van der Waals surface area contributed by atoms with Crippen molar-refractivity contribution in [1.29, 1.82) is 0 Å². The van der Waals surface area contributed by atoms with Crippen LogP contribution in [0.5, 0.6) is 0 Å². The molecule has 0 aliphatic heterocycles. The van der Waals surface area contributed by atoms with Gasteiger partial charge in [0.2, 0.25) is 5.09 Å². The van der Waals surface area contributed by atoms with Crippen molar-refractivity contribution in [2.24, 2.45) is 5.73 Å². The number of para-hydroxylation sites is 1. The minimum atomic E-state index is -3.71. The molecule has 0 fully saturated rings. The van der Waals surface area contributed by atoms with Crippen LogP contribution in [-0.2, 0) is 23.0 Å². The van der Waals surface area contributed by atoms with E-state index in [0.717, 1.165) is 12.0 Å². The van der Waals surface area contributed by atoms with Gasteiger partial charge >= 0.3 is 0 Å². The normalized spacial score (nSPS) is 11.5. The molecule has 0 atom stereocenters. The van der Waals surface area contributed by atoms with Gasteiger partial charge in [-0.05, 0) is 30.2 Å². The van der Waals surface area contributed by atoms with Gasteiger partial charge in [0.15, 0.2) is 0 Å². The van der Waals surface area contributed by atoms with Crippen LogP contribution in [0.4, 0.5) is 5.69 Å². The van der Waals surface area contributed by atoms with Crippen LogP contribution in [0, 0.1) is 0 Å². The molecule has 0 saturated carbocycles. The average molecular weight is 280 g/mol. The number of hydrogen-bond acceptors (Lipinski definition) is 4. The summed E-state index contributed by atoms with van der Waals surface area (Å²) in [6.45, 7) is 2.13. The Morgan fingerprint density at radius 2 is 1.95 bits per heavy atom. The van der Waals surface area contributed by atoms with E-state index in [9.17, 15) is 8.42 Å². The van der Waals surface area contributed by atoms with Crippen molar-refractivity contribution < 1.29 is 12.8 Å². The monoisotopic (exact) mass is 280 g/mol. The SMILES string of the molecule is CCc1ccccc1NS(=O)(=O)c1ccc(CN)o1. The van der Waals surface area contributed by atoms with Crippen LogP contribution >= 0.6 is 0 Å². The van der Waals surface area contributed by atoms with E-state index < -0.39 is 10.0 Å². The molecule has 5 nitrogen and oxygen atoms in total. The van der Waals surface area contributed by atoms with Gasteiger partial charge in [0, 0.05) is 0 Å². The number of anilines is 1. The Bertz CT molecular complexity index is 662. The zero-order chi connectivity index (χ0) is 13.9. The zero-order valence-corrected chi connectivity index (χ0v) is 11.4. The van der Waals surface area contributed by atoms with Crippen LogP contribution < -0.4 is 10.5 Å². The van der Waals surface area contributed by atoms with Gasteiger partial charge in [0.05, 0.1) is 12.2 Å². The lowest BCUT2D eigenvalue weighted by molar-refractivity contribution is 0.417. The highest BCUT2D eigenvalue weighted by Crippen LogP contribution is 2.21. The summed E-state index contributed by atoms with van der Waals surface area (Å²) in [5.74, 6) is 0.434. The largest absolute Gasteiger partial charge is 0.446 e. The molecule has 19 heavy (non-hydrogen) atoms. The molecule has 3 N–H and O–H groups in total. The lowest BCUT2D eigenvalue weighted by atomic mass is 10.1. The third-order valence-electron chi connectivity index (χ3n) is 2.75. The summed E-state index contributed by atoms with van der Waals surface area (Å²) in [7, 11) is -3.71. The van der Waals surface area contributed by atoms with E-state index in [1.54, 1.807) is 18.2 Å². The minimum Gasteiger partial charge on any atom is -0.446 e. The lowest BCUT2D eigenvalue weighted by Crippen LogP contribution is -2.13. The number of hydrogen-bond donors (Lipinski definition) is 2. The fraction of sp³-hybridized carbons (Fsp3) is 0.231. The van der Waals surface area contributed by atoms with Crippen molar-refractivity contribution >= 4 is 15.7 Å². The number of aryl methyl sites for hydroxylation is 1. The highest BCUT2D eigenvalue weighted by atomic mass is 32.2. The Labute approximate surface area is 112 Å². The molecule has 102 valence electrons. The second kappa shape index (κ2) is 5.46. The number of nitrogens with two attached hydrogens (primary N) is 1. The molecule has 0 bridgehead atoms. The quantitative estimate of drug-likeness (QED) is 0.878. The second-order valence-electron chi connectivity index (χ2n) is 4.04. The van der Waals surface area contributed by atoms with Gasteiger partial charge < -0.3 is 10.2 Å². The highest BCUT2D eigenvalue weighted by molar-refractivity contribution is 7.92. The van der Waals surface area contributed by atoms with Crippen LogP contribution in [0.15, 0.2) is 45.9 Å². The Kier molecular flexibility index (Phi) is 3.92. The standard InChI is InChI=1S/C13H16N2O3S/c1-2-10-5-3-4-6-12(10)15-19(16,17)13-8-7-11(9-14)18-13/h3-8,15H,2,9,14H2,1H3. The van der Waals surface area contributed by atoms with Crippen molar-refractivity contribution in [2.45, 2.75) is 25.0 Å². The van der Waals surface area contributed by atoms with Crippen LogP contribution in [0.1, 0.15) is 18.2 Å². The summed E-state index contributed by atoms with van der Waals surface area (Å²) in [5.41, 5.74) is 6.89. The maximum Gasteiger partial charge on any atom is 0.295 e. The van der Waals surface area contributed by atoms with Gasteiger partial charge in [-0.15, -0.1) is 0 Å². The first-order valence-corrected chi connectivity index (χ1v) is 7.44. The van der Waals surface area contributed by atoms with Crippen LogP contribution in [0.3, 0.4) is 0 Å². The fourth-order valence-corrected chi connectivity index (χ4v) is 2.79. The van der Waals surface area contributed by atoms with Crippen molar-refractivity contribution in [1.82, 2.24) is 0 Å². The predicted octanol–water partition coefficient (Wildman–Crippen LogP) is 2.10. The molecule has 0 aliphatic rings. The van der Waals surface area contributed by atoms with Gasteiger partial charge in [-0.3, -0.25) is 4.72 Å². The molecule has 1 aromatic heterocycles. The van der Waals surface area contributed by atoms with E-state index in [-0.39, 0.29) is 11.6 Å². The third-order valence-corrected chi connectivity index (χ3v) is 3.98. The predicted molar refractivity (Wildman–Crippen MR) is 73.2 cm³/mol. The van der Waals surface area contributed by atoms with E-state index in [1.165, 1.54) is 6.07 Å². The summed E-state index contributed by atoms with van der Waals surface area (Å²) in [6.07, 6.45) is 0.741. The van der Waals surface area contributed by atoms with E-state index in [4.69, 9.17) is 10.2 Å². The van der Waals surface area contributed by atoms with Crippen molar-refractivity contribution in [3.05, 3.63) is 47.7 Å². The summed E-state index contributed by atoms with van der Waals surface area (Å²) >= 11 is 0. The molecular weight excluding hydrogens is 264 g/mol. The molecule has 0 spiro atoms. The van der Waals surface area contributed by atoms with Crippen molar-refractivity contribution in [3.63, 3.8) is 0 Å². The first kappa shape index (κ1) is 13.6. The van der Waals surface area contributed by atoms with E-state index in [2.05, 4.69) is 4.72 Å². The van der Waals surface area contributed by atoms with Gasteiger partial charge in [0.1, 0.15) is 5.76 Å². The molecule has 1 aromatic carbocycles. The Morgan fingerprint density at radius 1 is 1.21 bits per heavy atom. The number of rotatable bonds is 5. The number of sulfonamides is 1. The molecule has 6 heteroatoms. The molecule has 0 saturated heterocycles. The molecule has 2 rings (SSSR count). The number of benzene rings is 1. The summed E-state index contributed by atoms with van der Waals surface area (Å²) in [5, 5.41) is -0.126. The first-order valence-electron chi connectivity index (χ1n) is 5.96. The average Bonchev–Trinajstić information content (AvgIpc) is 2.88. The molecular formula is C13H16N2O3S. The van der Waals surface area contributed by atoms with Crippen molar-refractivity contribution in [3.8, 4) is 0 Å². The highest BCUT2D eigenvalue weighted by Gasteiger charge is 2.19. The third kappa shape index (κ3) is 2.97. The van der Waals surface area contributed by atoms with Gasteiger partial charge in [-0.1, -0.05) is 25.1 Å². The molecule has 0 radical (unpaired) electrons. The maximum absolute atomic E-state index is 12.2. The first-order chi connectivity index (χ1) is 9.06.